The van der Waals surface area contributed by atoms with Gasteiger partial charge in [-0.1, -0.05) is 53.8 Å². The third-order valence-electron chi connectivity index (χ3n) is 4.42. The van der Waals surface area contributed by atoms with Crippen LogP contribution in [-0.2, 0) is 11.3 Å². The highest BCUT2D eigenvalue weighted by molar-refractivity contribution is 7.22. The van der Waals surface area contributed by atoms with E-state index >= 15 is 0 Å². The molecule has 0 saturated heterocycles. The minimum absolute atomic E-state index is 0.0642. The number of amides is 1. The second kappa shape index (κ2) is 8.09. The Balaban J connectivity index is 1.72. The molecule has 0 bridgehead atoms. The van der Waals surface area contributed by atoms with Crippen LogP contribution in [0.1, 0.15) is 21.6 Å². The Kier molecular flexibility index (Phi) is 5.37. The lowest BCUT2D eigenvalue weighted by Crippen LogP contribution is -2.28. The Bertz CT molecular complexity index is 1130. The van der Waals surface area contributed by atoms with Crippen molar-refractivity contribution in [3.05, 3.63) is 87.6 Å². The SMILES string of the molecule is Cc1cc(C)c2sc(N(Cc3ccccc3)C(=O)/C=C/c3cccs3)nc2c1. The number of thiophene rings is 1. The zero-order chi connectivity index (χ0) is 19.5. The molecular formula is C23H20N2OS2. The highest BCUT2D eigenvalue weighted by Gasteiger charge is 2.19. The van der Waals surface area contributed by atoms with Crippen LogP contribution in [0.25, 0.3) is 16.3 Å². The highest BCUT2D eigenvalue weighted by atomic mass is 32.1. The van der Waals surface area contributed by atoms with Gasteiger partial charge in [-0.25, -0.2) is 4.98 Å². The van der Waals surface area contributed by atoms with Crippen LogP contribution < -0.4 is 4.90 Å². The minimum atomic E-state index is -0.0642. The monoisotopic (exact) mass is 404 g/mol. The fourth-order valence-electron chi connectivity index (χ4n) is 3.12. The fraction of sp³-hybridized carbons (Fsp3) is 0.130. The summed E-state index contributed by atoms with van der Waals surface area (Å²) >= 11 is 3.19. The number of carbonyl (C=O) groups is 1. The van der Waals surface area contributed by atoms with E-state index in [0.717, 1.165) is 25.8 Å². The first-order chi connectivity index (χ1) is 13.6. The van der Waals surface area contributed by atoms with Gasteiger partial charge in [0, 0.05) is 11.0 Å². The topological polar surface area (TPSA) is 33.2 Å². The van der Waals surface area contributed by atoms with Gasteiger partial charge >= 0.3 is 0 Å². The van der Waals surface area contributed by atoms with Crippen LogP contribution in [0, 0.1) is 13.8 Å². The molecule has 4 aromatic rings. The molecule has 0 aliphatic rings. The first-order valence-corrected chi connectivity index (χ1v) is 10.7. The molecule has 4 rings (SSSR count). The van der Waals surface area contributed by atoms with E-state index < -0.39 is 0 Å². The molecule has 3 nitrogen and oxygen atoms in total. The van der Waals surface area contributed by atoms with Crippen LogP contribution in [0.2, 0.25) is 0 Å². The maximum atomic E-state index is 13.1. The Morgan fingerprint density at radius 1 is 1.11 bits per heavy atom. The second-order valence-electron chi connectivity index (χ2n) is 6.69. The van der Waals surface area contributed by atoms with E-state index in [1.165, 1.54) is 11.1 Å². The smallest absolute Gasteiger partial charge is 0.253 e. The third kappa shape index (κ3) is 4.06. The van der Waals surface area contributed by atoms with Crippen LogP contribution in [0.4, 0.5) is 5.13 Å². The zero-order valence-electron chi connectivity index (χ0n) is 15.8. The van der Waals surface area contributed by atoms with Crippen molar-refractivity contribution < 1.29 is 4.79 Å². The fourth-order valence-corrected chi connectivity index (χ4v) is 4.75. The van der Waals surface area contributed by atoms with Gasteiger partial charge in [-0.05, 0) is 54.1 Å². The number of anilines is 1. The molecule has 0 fully saturated rings. The lowest BCUT2D eigenvalue weighted by atomic mass is 10.1. The van der Waals surface area contributed by atoms with E-state index in [4.69, 9.17) is 4.98 Å². The Hall–Kier alpha value is -2.76. The number of carbonyl (C=O) groups excluding carboxylic acids is 1. The Morgan fingerprint density at radius 2 is 1.93 bits per heavy atom. The van der Waals surface area contributed by atoms with Crippen molar-refractivity contribution in [1.82, 2.24) is 4.98 Å². The summed E-state index contributed by atoms with van der Waals surface area (Å²) in [7, 11) is 0. The number of benzene rings is 2. The van der Waals surface area contributed by atoms with Crippen molar-refractivity contribution >= 4 is 50.0 Å². The van der Waals surface area contributed by atoms with Gasteiger partial charge in [-0.2, -0.15) is 0 Å². The van der Waals surface area contributed by atoms with Gasteiger partial charge in [0.1, 0.15) is 0 Å². The summed E-state index contributed by atoms with van der Waals surface area (Å²) in [4.78, 5) is 20.7. The largest absolute Gasteiger partial charge is 0.280 e. The number of thiazole rings is 1. The van der Waals surface area contributed by atoms with Crippen LogP contribution >= 0.6 is 22.7 Å². The Labute approximate surface area is 172 Å². The summed E-state index contributed by atoms with van der Waals surface area (Å²) in [6.07, 6.45) is 3.51. The van der Waals surface area contributed by atoms with Crippen molar-refractivity contribution in [3.8, 4) is 0 Å². The Morgan fingerprint density at radius 3 is 2.68 bits per heavy atom. The molecule has 5 heteroatoms. The van der Waals surface area contributed by atoms with E-state index in [-0.39, 0.29) is 5.91 Å². The standard InChI is InChI=1S/C23H20N2OS2/c1-16-13-17(2)22-20(14-16)24-23(28-22)25(15-18-7-4-3-5-8-18)21(26)11-10-19-9-6-12-27-19/h3-14H,15H2,1-2H3/b11-10+. The number of rotatable bonds is 5. The van der Waals surface area contributed by atoms with Crippen LogP contribution in [0.15, 0.2) is 66.1 Å². The summed E-state index contributed by atoms with van der Waals surface area (Å²) in [5.74, 6) is -0.0642. The lowest BCUT2D eigenvalue weighted by molar-refractivity contribution is -0.114. The van der Waals surface area contributed by atoms with Gasteiger partial charge in [0.25, 0.3) is 5.91 Å². The van der Waals surface area contributed by atoms with Crippen molar-refractivity contribution in [2.24, 2.45) is 0 Å². The average Bonchev–Trinajstić information content (AvgIpc) is 3.34. The highest BCUT2D eigenvalue weighted by Crippen LogP contribution is 2.33. The van der Waals surface area contributed by atoms with Crippen molar-refractivity contribution in [1.29, 1.82) is 0 Å². The molecule has 1 amide bonds. The van der Waals surface area contributed by atoms with Crippen molar-refractivity contribution in [3.63, 3.8) is 0 Å². The van der Waals surface area contributed by atoms with Gasteiger partial charge in [0.05, 0.1) is 16.8 Å². The molecule has 0 saturated carbocycles. The molecule has 2 aromatic carbocycles. The lowest BCUT2D eigenvalue weighted by Gasteiger charge is -2.18. The van der Waals surface area contributed by atoms with Gasteiger partial charge in [0.15, 0.2) is 5.13 Å². The maximum Gasteiger partial charge on any atom is 0.253 e. The molecule has 0 aliphatic carbocycles. The van der Waals surface area contributed by atoms with Crippen LogP contribution in [0.3, 0.4) is 0 Å². The van der Waals surface area contributed by atoms with E-state index in [0.29, 0.717) is 6.54 Å². The van der Waals surface area contributed by atoms with Crippen molar-refractivity contribution in [2.45, 2.75) is 20.4 Å². The van der Waals surface area contributed by atoms with E-state index in [1.54, 1.807) is 33.6 Å². The number of aromatic nitrogens is 1. The summed E-state index contributed by atoms with van der Waals surface area (Å²) in [5, 5.41) is 2.73. The average molecular weight is 405 g/mol. The molecule has 2 aromatic heterocycles. The number of hydrogen-bond donors (Lipinski definition) is 0. The molecular weight excluding hydrogens is 384 g/mol. The molecule has 2 heterocycles. The molecule has 0 radical (unpaired) electrons. The van der Waals surface area contributed by atoms with E-state index in [9.17, 15) is 4.79 Å². The molecule has 28 heavy (non-hydrogen) atoms. The predicted molar refractivity (Wildman–Crippen MR) is 120 cm³/mol. The first kappa shape index (κ1) is 18.6. The predicted octanol–water partition coefficient (Wildman–Crippen LogP) is 6.22. The van der Waals surface area contributed by atoms with Gasteiger partial charge in [0.2, 0.25) is 0 Å². The third-order valence-corrected chi connectivity index (χ3v) is 6.49. The summed E-state index contributed by atoms with van der Waals surface area (Å²) in [5.41, 5.74) is 4.40. The second-order valence-corrected chi connectivity index (χ2v) is 8.64. The van der Waals surface area contributed by atoms with Gasteiger partial charge in [-0.15, -0.1) is 11.3 Å². The molecule has 0 aliphatic heterocycles. The summed E-state index contributed by atoms with van der Waals surface area (Å²) in [6, 6.07) is 18.2. The molecule has 0 N–H and O–H groups in total. The van der Waals surface area contributed by atoms with E-state index in [2.05, 4.69) is 26.0 Å². The van der Waals surface area contributed by atoms with Gasteiger partial charge in [-0.3, -0.25) is 9.69 Å². The molecule has 0 spiro atoms. The first-order valence-electron chi connectivity index (χ1n) is 9.05. The van der Waals surface area contributed by atoms with Crippen molar-refractivity contribution in [2.75, 3.05) is 4.90 Å². The van der Waals surface area contributed by atoms with E-state index in [1.807, 2.05) is 53.9 Å². The number of aryl methyl sites for hydroxylation is 2. The number of fused-ring (bicyclic) bond motifs is 1. The zero-order valence-corrected chi connectivity index (χ0v) is 17.4. The minimum Gasteiger partial charge on any atom is -0.280 e. The van der Waals surface area contributed by atoms with Crippen LogP contribution in [0.5, 0.6) is 0 Å². The quantitative estimate of drug-likeness (QED) is 0.370. The number of nitrogens with zero attached hydrogens (tertiary/aromatic N) is 2. The summed E-state index contributed by atoms with van der Waals surface area (Å²) in [6.45, 7) is 4.66. The summed E-state index contributed by atoms with van der Waals surface area (Å²) < 4.78 is 1.13. The number of hydrogen-bond acceptors (Lipinski definition) is 4. The molecule has 0 unspecified atom stereocenters. The maximum absolute atomic E-state index is 13.1. The van der Waals surface area contributed by atoms with Crippen LogP contribution in [-0.4, -0.2) is 10.9 Å². The molecule has 140 valence electrons. The molecule has 0 atom stereocenters. The van der Waals surface area contributed by atoms with Gasteiger partial charge < -0.3 is 0 Å². The normalized spacial score (nSPS) is 11.4.